The summed E-state index contributed by atoms with van der Waals surface area (Å²) in [6.45, 7) is 14.0. The molecule has 0 amide bonds. The average molecular weight is 455 g/mol. The summed E-state index contributed by atoms with van der Waals surface area (Å²) in [7, 11) is 0. The molecule has 0 heterocycles. The van der Waals surface area contributed by atoms with Gasteiger partial charge >= 0.3 is 0 Å². The summed E-state index contributed by atoms with van der Waals surface area (Å²) in [5.74, 6) is -0.130. The van der Waals surface area contributed by atoms with Gasteiger partial charge in [-0.2, -0.15) is 0 Å². The highest BCUT2D eigenvalue weighted by atomic mass is 79.9. The summed E-state index contributed by atoms with van der Waals surface area (Å²) in [6, 6.07) is 9.00. The standard InChI is InChI=1S/C25H27BrO3/c1-13-8-9-15-16(10-13)21(27)19(20(26)22(15)28)14-11-17(24(2,3)4)23(29)18(12-14)25(5,6)7/h8-12,29H,1-7H3. The molecule has 3 nitrogen and oxygen atoms in total. The topological polar surface area (TPSA) is 54.4 Å². The number of halogens is 1. The van der Waals surface area contributed by atoms with E-state index in [4.69, 9.17) is 0 Å². The van der Waals surface area contributed by atoms with Crippen LogP contribution in [0.15, 0.2) is 34.8 Å². The van der Waals surface area contributed by atoms with Crippen LogP contribution < -0.4 is 0 Å². The Morgan fingerprint density at radius 3 is 1.79 bits per heavy atom. The van der Waals surface area contributed by atoms with Crippen molar-refractivity contribution in [3.8, 4) is 5.75 Å². The second-order valence-electron chi connectivity index (χ2n) is 9.82. The zero-order valence-electron chi connectivity index (χ0n) is 18.0. The number of aromatic hydroxyl groups is 1. The van der Waals surface area contributed by atoms with Gasteiger partial charge in [-0.15, -0.1) is 0 Å². The summed E-state index contributed by atoms with van der Waals surface area (Å²) in [5.41, 5.74) is 3.62. The van der Waals surface area contributed by atoms with Crippen molar-refractivity contribution >= 4 is 33.1 Å². The predicted octanol–water partition coefficient (Wildman–Crippen LogP) is 6.48. The zero-order valence-corrected chi connectivity index (χ0v) is 19.6. The van der Waals surface area contributed by atoms with Crippen LogP contribution in [0.25, 0.3) is 5.57 Å². The fourth-order valence-electron chi connectivity index (χ4n) is 3.69. The van der Waals surface area contributed by atoms with Gasteiger partial charge in [-0.1, -0.05) is 59.2 Å². The number of rotatable bonds is 1. The number of carbonyl (C=O) groups is 2. The molecule has 29 heavy (non-hydrogen) atoms. The second-order valence-corrected chi connectivity index (χ2v) is 10.6. The Labute approximate surface area is 181 Å². The highest BCUT2D eigenvalue weighted by Gasteiger charge is 2.34. The first-order valence-corrected chi connectivity index (χ1v) is 10.5. The van der Waals surface area contributed by atoms with Gasteiger partial charge in [0.05, 0.1) is 4.48 Å². The van der Waals surface area contributed by atoms with Gasteiger partial charge in [0.2, 0.25) is 5.78 Å². The maximum atomic E-state index is 13.4. The normalized spacial score (nSPS) is 15.0. The van der Waals surface area contributed by atoms with E-state index >= 15 is 0 Å². The number of carbonyl (C=O) groups excluding carboxylic acids is 2. The Morgan fingerprint density at radius 1 is 0.793 bits per heavy atom. The van der Waals surface area contributed by atoms with Crippen LogP contribution in [-0.2, 0) is 10.8 Å². The molecule has 0 unspecified atom stereocenters. The fraction of sp³-hybridized carbons (Fsp3) is 0.360. The molecule has 0 saturated carbocycles. The third-order valence-electron chi connectivity index (χ3n) is 5.32. The monoisotopic (exact) mass is 454 g/mol. The maximum Gasteiger partial charge on any atom is 0.201 e. The molecule has 0 spiro atoms. The highest BCUT2D eigenvalue weighted by Crippen LogP contribution is 2.43. The minimum atomic E-state index is -0.330. The molecular formula is C25H27BrO3. The fourth-order valence-corrected chi connectivity index (χ4v) is 4.31. The number of aryl methyl sites for hydroxylation is 1. The van der Waals surface area contributed by atoms with E-state index in [2.05, 4.69) is 15.9 Å². The molecule has 152 valence electrons. The third-order valence-corrected chi connectivity index (χ3v) is 6.08. The Hall–Kier alpha value is -2.20. The van der Waals surface area contributed by atoms with E-state index in [1.54, 1.807) is 12.1 Å². The van der Waals surface area contributed by atoms with E-state index in [0.717, 1.165) is 16.7 Å². The second kappa shape index (κ2) is 6.94. The van der Waals surface area contributed by atoms with Crippen LogP contribution in [0.5, 0.6) is 5.75 Å². The molecule has 2 aromatic carbocycles. The minimum absolute atomic E-state index is 0.180. The number of allylic oxidation sites excluding steroid dienone is 2. The van der Waals surface area contributed by atoms with Crippen molar-refractivity contribution in [1.82, 2.24) is 0 Å². The summed E-state index contributed by atoms with van der Waals surface area (Å²) in [4.78, 5) is 26.4. The Bertz CT molecular complexity index is 1040. The number of benzene rings is 2. The molecule has 0 bridgehead atoms. The van der Waals surface area contributed by atoms with Gasteiger partial charge in [-0.05, 0) is 57.4 Å². The van der Waals surface area contributed by atoms with Crippen LogP contribution >= 0.6 is 15.9 Å². The number of ketones is 2. The Kier molecular flexibility index (Phi) is 5.15. The van der Waals surface area contributed by atoms with Crippen LogP contribution in [0.2, 0.25) is 0 Å². The number of Topliss-reactive ketones (excluding diaryl/α,β-unsaturated/α-hetero) is 2. The first kappa shape index (κ1) is 21.5. The first-order chi connectivity index (χ1) is 13.2. The molecule has 0 aromatic heterocycles. The van der Waals surface area contributed by atoms with Crippen molar-refractivity contribution in [2.75, 3.05) is 0 Å². The van der Waals surface area contributed by atoms with E-state index in [9.17, 15) is 14.7 Å². The van der Waals surface area contributed by atoms with Crippen molar-refractivity contribution in [2.45, 2.75) is 59.3 Å². The van der Waals surface area contributed by atoms with Gasteiger partial charge in [-0.25, -0.2) is 0 Å². The highest BCUT2D eigenvalue weighted by molar-refractivity contribution is 9.12. The number of fused-ring (bicyclic) bond motifs is 1. The molecule has 0 aliphatic heterocycles. The van der Waals surface area contributed by atoms with E-state index < -0.39 is 0 Å². The van der Waals surface area contributed by atoms with Crippen molar-refractivity contribution in [3.05, 3.63) is 68.2 Å². The lowest BCUT2D eigenvalue weighted by atomic mass is 9.76. The van der Waals surface area contributed by atoms with Gasteiger partial charge in [0.25, 0.3) is 0 Å². The van der Waals surface area contributed by atoms with Crippen LogP contribution in [0, 0.1) is 6.92 Å². The quantitative estimate of drug-likeness (QED) is 0.536. The number of phenols is 1. The van der Waals surface area contributed by atoms with Gasteiger partial charge < -0.3 is 5.11 Å². The lowest BCUT2D eigenvalue weighted by molar-refractivity contribution is 0.0999. The summed E-state index contributed by atoms with van der Waals surface area (Å²) in [6.07, 6.45) is 0. The summed E-state index contributed by atoms with van der Waals surface area (Å²) in [5, 5.41) is 11.0. The van der Waals surface area contributed by atoms with Crippen LogP contribution in [0.3, 0.4) is 0 Å². The molecule has 2 aromatic rings. The van der Waals surface area contributed by atoms with Crippen molar-refractivity contribution in [3.63, 3.8) is 0 Å². The minimum Gasteiger partial charge on any atom is -0.507 e. The summed E-state index contributed by atoms with van der Waals surface area (Å²) < 4.78 is 0.268. The van der Waals surface area contributed by atoms with Crippen LogP contribution in [0.4, 0.5) is 0 Å². The predicted molar refractivity (Wildman–Crippen MR) is 121 cm³/mol. The maximum absolute atomic E-state index is 13.4. The molecule has 4 heteroatoms. The lowest BCUT2D eigenvalue weighted by Crippen LogP contribution is -2.21. The molecule has 0 saturated heterocycles. The number of hydrogen-bond acceptors (Lipinski definition) is 3. The largest absolute Gasteiger partial charge is 0.507 e. The van der Waals surface area contributed by atoms with E-state index in [1.807, 2.05) is 66.7 Å². The van der Waals surface area contributed by atoms with Gasteiger partial charge in [-0.3, -0.25) is 9.59 Å². The Morgan fingerprint density at radius 2 is 1.31 bits per heavy atom. The van der Waals surface area contributed by atoms with Crippen LogP contribution in [0.1, 0.15) is 84.5 Å². The molecule has 1 aliphatic carbocycles. The lowest BCUT2D eigenvalue weighted by Gasteiger charge is -2.29. The third kappa shape index (κ3) is 3.71. The molecular weight excluding hydrogens is 428 g/mol. The van der Waals surface area contributed by atoms with Gasteiger partial charge in [0.1, 0.15) is 5.75 Å². The van der Waals surface area contributed by atoms with Crippen molar-refractivity contribution < 1.29 is 14.7 Å². The average Bonchev–Trinajstić information content (AvgIpc) is 2.59. The summed E-state index contributed by atoms with van der Waals surface area (Å²) >= 11 is 3.40. The molecule has 0 radical (unpaired) electrons. The van der Waals surface area contributed by atoms with Crippen molar-refractivity contribution in [1.29, 1.82) is 0 Å². The molecule has 1 aliphatic rings. The van der Waals surface area contributed by atoms with E-state index in [-0.39, 0.29) is 32.6 Å². The van der Waals surface area contributed by atoms with Crippen molar-refractivity contribution in [2.24, 2.45) is 0 Å². The smallest absolute Gasteiger partial charge is 0.201 e. The van der Waals surface area contributed by atoms with E-state index in [0.29, 0.717) is 22.3 Å². The molecule has 0 fully saturated rings. The number of phenolic OH excluding ortho intramolecular Hbond substituents is 1. The SMILES string of the molecule is Cc1ccc2c(c1)C(=O)C(c1cc(C(C)(C)C)c(O)c(C(C)(C)C)c1)=C(Br)C2=O. The Balaban J connectivity index is 2.34. The van der Waals surface area contributed by atoms with Gasteiger partial charge in [0.15, 0.2) is 5.78 Å². The zero-order chi connectivity index (χ0) is 21.9. The van der Waals surface area contributed by atoms with E-state index in [1.165, 1.54) is 0 Å². The van der Waals surface area contributed by atoms with Crippen LogP contribution in [-0.4, -0.2) is 16.7 Å². The number of hydrogen-bond donors (Lipinski definition) is 1. The molecule has 3 rings (SSSR count). The molecule has 1 N–H and O–H groups in total. The van der Waals surface area contributed by atoms with Gasteiger partial charge in [0, 0.05) is 27.8 Å². The first-order valence-electron chi connectivity index (χ1n) is 9.71. The molecule has 0 atom stereocenters.